The van der Waals surface area contributed by atoms with E-state index in [4.69, 9.17) is 11.5 Å². The van der Waals surface area contributed by atoms with Gasteiger partial charge in [0.15, 0.2) is 0 Å². The van der Waals surface area contributed by atoms with Gasteiger partial charge in [-0.15, -0.1) is 12.3 Å². The van der Waals surface area contributed by atoms with Gasteiger partial charge >= 0.3 is 0 Å². The maximum absolute atomic E-state index is 13.3. The van der Waals surface area contributed by atoms with Crippen molar-refractivity contribution in [2.45, 2.75) is 25.7 Å². The fourth-order valence-electron chi connectivity index (χ4n) is 1.33. The Morgan fingerprint density at radius 2 is 2.24 bits per heavy atom. The van der Waals surface area contributed by atoms with Gasteiger partial charge in [-0.1, -0.05) is 0 Å². The van der Waals surface area contributed by atoms with E-state index >= 15 is 0 Å². The molecule has 0 heterocycles. The number of hydrogen-bond acceptors (Lipinski definition) is 2. The highest BCUT2D eigenvalue weighted by molar-refractivity contribution is 5.90. The summed E-state index contributed by atoms with van der Waals surface area (Å²) in [5, 5.41) is 11.4. The lowest BCUT2D eigenvalue weighted by molar-refractivity contribution is -0.116. The van der Waals surface area contributed by atoms with Crippen molar-refractivity contribution in [1.29, 1.82) is 0 Å². The van der Waals surface area contributed by atoms with Gasteiger partial charge < -0.3 is 10.4 Å². The summed E-state index contributed by atoms with van der Waals surface area (Å²) < 4.78 is 13.3. The van der Waals surface area contributed by atoms with Gasteiger partial charge in [0.1, 0.15) is 11.6 Å². The first-order valence-corrected chi connectivity index (χ1v) is 5.35. The van der Waals surface area contributed by atoms with Gasteiger partial charge in [-0.05, 0) is 25.0 Å². The summed E-state index contributed by atoms with van der Waals surface area (Å²) in [4.78, 5) is 11.4. The largest absolute Gasteiger partial charge is 0.508 e. The zero-order chi connectivity index (χ0) is 12.7. The lowest BCUT2D eigenvalue weighted by Crippen LogP contribution is -2.12. The highest BCUT2D eigenvalue weighted by Gasteiger charge is 2.07. The van der Waals surface area contributed by atoms with Gasteiger partial charge in [0.05, 0.1) is 5.69 Å². The van der Waals surface area contributed by atoms with Crippen molar-refractivity contribution in [2.24, 2.45) is 0 Å². The zero-order valence-electron chi connectivity index (χ0n) is 9.37. The molecule has 0 saturated heterocycles. The predicted molar refractivity (Wildman–Crippen MR) is 64.0 cm³/mol. The quantitative estimate of drug-likeness (QED) is 0.468. The molecule has 1 aromatic rings. The molecule has 1 amide bonds. The number of phenols is 1. The molecule has 0 aliphatic heterocycles. The molecular weight excluding hydrogens is 221 g/mol. The van der Waals surface area contributed by atoms with Crippen molar-refractivity contribution >= 4 is 11.6 Å². The molecule has 1 rings (SSSR count). The number of anilines is 1. The van der Waals surface area contributed by atoms with E-state index in [0.29, 0.717) is 19.3 Å². The standard InChI is InChI=1S/C13H14FNO2/c1-2-3-4-5-6-13(17)15-12-8-7-10(16)9-11(12)14/h1,7-9,16H,3-6H2,(H,15,17). The van der Waals surface area contributed by atoms with Gasteiger partial charge in [0, 0.05) is 18.9 Å². The average molecular weight is 235 g/mol. The van der Waals surface area contributed by atoms with Crippen molar-refractivity contribution in [3.8, 4) is 18.1 Å². The summed E-state index contributed by atoms with van der Waals surface area (Å²) in [5.41, 5.74) is 0.0738. The molecule has 0 aromatic heterocycles. The number of benzene rings is 1. The monoisotopic (exact) mass is 235 g/mol. The third-order valence-electron chi connectivity index (χ3n) is 2.20. The number of nitrogens with one attached hydrogen (secondary N) is 1. The Hall–Kier alpha value is -2.02. The van der Waals surface area contributed by atoms with Crippen LogP contribution >= 0.6 is 0 Å². The summed E-state index contributed by atoms with van der Waals surface area (Å²) in [5.74, 6) is 1.41. The van der Waals surface area contributed by atoms with Crippen molar-refractivity contribution in [3.63, 3.8) is 0 Å². The van der Waals surface area contributed by atoms with E-state index in [1.165, 1.54) is 12.1 Å². The van der Waals surface area contributed by atoms with Crippen LogP contribution in [0.1, 0.15) is 25.7 Å². The maximum atomic E-state index is 13.3. The minimum atomic E-state index is -0.651. The van der Waals surface area contributed by atoms with Crippen LogP contribution in [-0.4, -0.2) is 11.0 Å². The Bertz CT molecular complexity index is 438. The molecule has 0 aliphatic rings. The third-order valence-corrected chi connectivity index (χ3v) is 2.20. The van der Waals surface area contributed by atoms with Gasteiger partial charge in [-0.25, -0.2) is 4.39 Å². The number of rotatable bonds is 5. The van der Waals surface area contributed by atoms with Crippen LogP contribution in [0.25, 0.3) is 0 Å². The van der Waals surface area contributed by atoms with Gasteiger partial charge in [-0.2, -0.15) is 0 Å². The lowest BCUT2D eigenvalue weighted by atomic mass is 10.2. The summed E-state index contributed by atoms with van der Waals surface area (Å²) >= 11 is 0. The van der Waals surface area contributed by atoms with Crippen LogP contribution in [0.5, 0.6) is 5.75 Å². The molecule has 0 unspecified atom stereocenters. The van der Waals surface area contributed by atoms with E-state index in [2.05, 4.69) is 11.2 Å². The van der Waals surface area contributed by atoms with E-state index < -0.39 is 5.82 Å². The number of carbonyl (C=O) groups excluding carboxylic acids is 1. The zero-order valence-corrected chi connectivity index (χ0v) is 9.37. The number of carbonyl (C=O) groups is 1. The molecule has 90 valence electrons. The molecule has 0 bridgehead atoms. The summed E-state index contributed by atoms with van der Waals surface area (Å²) in [6.07, 6.45) is 7.48. The predicted octanol–water partition coefficient (Wildman–Crippen LogP) is 2.66. The van der Waals surface area contributed by atoms with E-state index in [-0.39, 0.29) is 17.3 Å². The summed E-state index contributed by atoms with van der Waals surface area (Å²) in [7, 11) is 0. The molecule has 1 aromatic carbocycles. The Morgan fingerprint density at radius 1 is 1.47 bits per heavy atom. The summed E-state index contributed by atoms with van der Waals surface area (Å²) in [6.45, 7) is 0. The van der Waals surface area contributed by atoms with Crippen molar-refractivity contribution in [1.82, 2.24) is 0 Å². The second-order valence-electron chi connectivity index (χ2n) is 3.62. The van der Waals surface area contributed by atoms with Crippen LogP contribution < -0.4 is 5.32 Å². The van der Waals surface area contributed by atoms with Crippen LogP contribution in [0.4, 0.5) is 10.1 Å². The Balaban J connectivity index is 2.43. The minimum Gasteiger partial charge on any atom is -0.508 e. The highest BCUT2D eigenvalue weighted by atomic mass is 19.1. The first kappa shape index (κ1) is 13.0. The molecule has 3 nitrogen and oxygen atoms in total. The fourth-order valence-corrected chi connectivity index (χ4v) is 1.33. The van der Waals surface area contributed by atoms with Crippen LogP contribution in [-0.2, 0) is 4.79 Å². The number of terminal acetylenes is 1. The van der Waals surface area contributed by atoms with E-state index in [1.807, 2.05) is 0 Å². The van der Waals surface area contributed by atoms with Crippen molar-refractivity contribution in [2.75, 3.05) is 5.32 Å². The van der Waals surface area contributed by atoms with Gasteiger partial charge in [0.2, 0.25) is 5.91 Å². The molecule has 2 N–H and O–H groups in total. The second-order valence-corrected chi connectivity index (χ2v) is 3.62. The number of amides is 1. The highest BCUT2D eigenvalue weighted by Crippen LogP contribution is 2.19. The molecule has 17 heavy (non-hydrogen) atoms. The Labute approximate surface area is 99.7 Å². The lowest BCUT2D eigenvalue weighted by Gasteiger charge is -2.06. The first-order valence-electron chi connectivity index (χ1n) is 5.35. The Morgan fingerprint density at radius 3 is 2.88 bits per heavy atom. The molecule has 0 fully saturated rings. The third kappa shape index (κ3) is 4.56. The Kier molecular flexibility index (Phi) is 5.02. The van der Waals surface area contributed by atoms with Crippen LogP contribution in [0, 0.1) is 18.2 Å². The number of halogens is 1. The van der Waals surface area contributed by atoms with Crippen molar-refractivity contribution in [3.05, 3.63) is 24.0 Å². The van der Waals surface area contributed by atoms with E-state index in [0.717, 1.165) is 12.5 Å². The van der Waals surface area contributed by atoms with Gasteiger partial charge in [-0.3, -0.25) is 4.79 Å². The SMILES string of the molecule is C#CCCCCC(=O)Nc1ccc(O)cc1F. The number of phenolic OH excluding ortho intramolecular Hbond substituents is 1. The smallest absolute Gasteiger partial charge is 0.224 e. The fraction of sp³-hybridized carbons (Fsp3) is 0.308. The first-order chi connectivity index (χ1) is 8.13. The van der Waals surface area contributed by atoms with E-state index in [1.54, 1.807) is 0 Å². The molecule has 4 heteroatoms. The molecule has 0 aliphatic carbocycles. The van der Waals surface area contributed by atoms with E-state index in [9.17, 15) is 9.18 Å². The van der Waals surface area contributed by atoms with Crippen LogP contribution in [0.3, 0.4) is 0 Å². The molecule has 0 atom stereocenters. The van der Waals surface area contributed by atoms with Gasteiger partial charge in [0.25, 0.3) is 0 Å². The normalized spacial score (nSPS) is 9.65. The van der Waals surface area contributed by atoms with Crippen molar-refractivity contribution < 1.29 is 14.3 Å². The maximum Gasteiger partial charge on any atom is 0.224 e. The topological polar surface area (TPSA) is 49.3 Å². The number of unbranched alkanes of at least 4 members (excludes halogenated alkanes) is 2. The molecule has 0 saturated carbocycles. The van der Waals surface area contributed by atoms with Crippen LogP contribution in [0.15, 0.2) is 18.2 Å². The average Bonchev–Trinajstić information content (AvgIpc) is 2.28. The second kappa shape index (κ2) is 6.54. The van der Waals surface area contributed by atoms with Crippen LogP contribution in [0.2, 0.25) is 0 Å². The minimum absolute atomic E-state index is 0.0738. The molecule has 0 spiro atoms. The number of aromatic hydroxyl groups is 1. The number of hydrogen-bond donors (Lipinski definition) is 2. The molecular formula is C13H14FNO2. The molecule has 0 radical (unpaired) electrons. The summed E-state index contributed by atoms with van der Waals surface area (Å²) in [6, 6.07) is 3.59.